The summed E-state index contributed by atoms with van der Waals surface area (Å²) in [7, 11) is 0. The number of rotatable bonds is 8. The number of carbonyl (C=O) groups excluding carboxylic acids is 1. The third kappa shape index (κ3) is 5.45. The number of nitrogens with one attached hydrogen (secondary N) is 1. The lowest BCUT2D eigenvalue weighted by molar-refractivity contribution is -0.142. The molecule has 0 unspecified atom stereocenters. The number of esters is 1. The first-order chi connectivity index (χ1) is 7.83. The highest BCUT2D eigenvalue weighted by atomic mass is 16.5. The van der Waals surface area contributed by atoms with Crippen LogP contribution in [-0.2, 0) is 16.1 Å². The first-order valence-electron chi connectivity index (χ1n) is 5.53. The number of carbonyl (C=O) groups is 1. The molecule has 0 saturated carbocycles. The molecule has 0 aliphatic rings. The number of nitrogens with zero attached hydrogens (tertiary/aromatic N) is 3. The third-order valence-electron chi connectivity index (χ3n) is 2.02. The van der Waals surface area contributed by atoms with Crippen molar-refractivity contribution in [1.29, 1.82) is 0 Å². The van der Waals surface area contributed by atoms with Gasteiger partial charge >= 0.3 is 5.97 Å². The van der Waals surface area contributed by atoms with Crippen LogP contribution in [0.5, 0.6) is 0 Å². The molecule has 0 saturated heterocycles. The Morgan fingerprint density at radius 3 is 3.12 bits per heavy atom. The molecule has 0 bridgehead atoms. The van der Waals surface area contributed by atoms with Crippen LogP contribution in [0.3, 0.4) is 0 Å². The van der Waals surface area contributed by atoms with Gasteiger partial charge in [0.15, 0.2) is 0 Å². The van der Waals surface area contributed by atoms with Crippen LogP contribution in [0.25, 0.3) is 0 Å². The van der Waals surface area contributed by atoms with Gasteiger partial charge in [0.25, 0.3) is 0 Å². The minimum absolute atomic E-state index is 0.202. The van der Waals surface area contributed by atoms with E-state index in [9.17, 15) is 4.79 Å². The first kappa shape index (κ1) is 12.6. The summed E-state index contributed by atoms with van der Waals surface area (Å²) in [4.78, 5) is 11.2. The second-order valence-electron chi connectivity index (χ2n) is 3.42. The van der Waals surface area contributed by atoms with Crippen LogP contribution < -0.4 is 5.32 Å². The van der Waals surface area contributed by atoms with Gasteiger partial charge in [-0.25, -0.2) is 0 Å². The van der Waals surface area contributed by atoms with Gasteiger partial charge in [0.05, 0.1) is 25.9 Å². The monoisotopic (exact) mass is 226 g/mol. The zero-order valence-corrected chi connectivity index (χ0v) is 9.56. The highest BCUT2D eigenvalue weighted by Crippen LogP contribution is 1.88. The van der Waals surface area contributed by atoms with Crippen LogP contribution in [0.4, 0.5) is 0 Å². The van der Waals surface area contributed by atoms with E-state index in [0.717, 1.165) is 12.8 Å². The molecule has 6 heteroatoms. The maximum atomic E-state index is 11.2. The van der Waals surface area contributed by atoms with Gasteiger partial charge in [0, 0.05) is 12.7 Å². The molecule has 0 fully saturated rings. The molecule has 0 aliphatic carbocycles. The Balaban J connectivity index is 1.96. The molecule has 0 atom stereocenters. The Bertz CT molecular complexity index is 287. The van der Waals surface area contributed by atoms with Gasteiger partial charge in [-0.1, -0.05) is 18.6 Å². The zero-order chi connectivity index (χ0) is 11.6. The Morgan fingerprint density at radius 2 is 2.44 bits per heavy atom. The minimum atomic E-state index is -0.202. The SMILES string of the molecule is CCCCOC(=O)CNCCn1ccnn1. The lowest BCUT2D eigenvalue weighted by Gasteiger charge is -2.05. The van der Waals surface area contributed by atoms with Crippen molar-refractivity contribution in [3.8, 4) is 0 Å². The van der Waals surface area contributed by atoms with E-state index in [2.05, 4.69) is 22.6 Å². The lowest BCUT2D eigenvalue weighted by atomic mass is 10.4. The highest BCUT2D eigenvalue weighted by Gasteiger charge is 2.00. The summed E-state index contributed by atoms with van der Waals surface area (Å²) in [6.45, 7) is 4.19. The van der Waals surface area contributed by atoms with Crippen molar-refractivity contribution in [1.82, 2.24) is 20.3 Å². The fourth-order valence-electron chi connectivity index (χ4n) is 1.12. The average Bonchev–Trinajstić information content (AvgIpc) is 2.78. The second kappa shape index (κ2) is 7.81. The molecule has 0 radical (unpaired) electrons. The topological polar surface area (TPSA) is 69.0 Å². The molecule has 1 aromatic heterocycles. The Morgan fingerprint density at radius 1 is 1.56 bits per heavy atom. The van der Waals surface area contributed by atoms with E-state index in [4.69, 9.17) is 4.74 Å². The summed E-state index contributed by atoms with van der Waals surface area (Å²) >= 11 is 0. The molecule has 1 aromatic rings. The fraction of sp³-hybridized carbons (Fsp3) is 0.700. The maximum absolute atomic E-state index is 11.2. The van der Waals surface area contributed by atoms with E-state index in [-0.39, 0.29) is 12.5 Å². The number of aromatic nitrogens is 3. The van der Waals surface area contributed by atoms with Crippen LogP contribution in [0.15, 0.2) is 12.4 Å². The molecule has 0 amide bonds. The third-order valence-corrected chi connectivity index (χ3v) is 2.02. The van der Waals surface area contributed by atoms with E-state index < -0.39 is 0 Å². The van der Waals surface area contributed by atoms with Crippen molar-refractivity contribution in [3.05, 3.63) is 12.4 Å². The summed E-state index contributed by atoms with van der Waals surface area (Å²) < 4.78 is 6.69. The van der Waals surface area contributed by atoms with Gasteiger partial charge in [-0.3, -0.25) is 9.48 Å². The fourth-order valence-corrected chi connectivity index (χ4v) is 1.12. The van der Waals surface area contributed by atoms with Crippen molar-refractivity contribution >= 4 is 5.97 Å². The smallest absolute Gasteiger partial charge is 0.319 e. The molecule has 16 heavy (non-hydrogen) atoms. The van der Waals surface area contributed by atoms with E-state index in [1.807, 2.05) is 0 Å². The van der Waals surface area contributed by atoms with Crippen LogP contribution >= 0.6 is 0 Å². The van der Waals surface area contributed by atoms with Crippen molar-refractivity contribution in [3.63, 3.8) is 0 Å². The first-order valence-corrected chi connectivity index (χ1v) is 5.53. The molecule has 0 spiro atoms. The summed E-state index contributed by atoms with van der Waals surface area (Å²) in [6.07, 6.45) is 5.36. The molecule has 1 rings (SSSR count). The lowest BCUT2D eigenvalue weighted by Crippen LogP contribution is -2.28. The standard InChI is InChI=1S/C10H18N4O2/c1-2-3-8-16-10(15)9-11-4-6-14-7-5-12-13-14/h5,7,11H,2-4,6,8-9H2,1H3. The van der Waals surface area contributed by atoms with Gasteiger partial charge in [0.1, 0.15) is 0 Å². The van der Waals surface area contributed by atoms with Crippen LogP contribution in [0.2, 0.25) is 0 Å². The van der Waals surface area contributed by atoms with Crippen molar-refractivity contribution < 1.29 is 9.53 Å². The van der Waals surface area contributed by atoms with Crippen molar-refractivity contribution in [2.24, 2.45) is 0 Å². The van der Waals surface area contributed by atoms with Crippen LogP contribution in [0.1, 0.15) is 19.8 Å². The molecular formula is C10H18N4O2. The quantitative estimate of drug-likeness (QED) is 0.507. The van der Waals surface area contributed by atoms with Gasteiger partial charge in [-0.2, -0.15) is 0 Å². The normalized spacial score (nSPS) is 10.3. The van der Waals surface area contributed by atoms with Crippen LogP contribution in [0, 0.1) is 0 Å². The Labute approximate surface area is 95.0 Å². The van der Waals surface area contributed by atoms with Crippen molar-refractivity contribution in [2.75, 3.05) is 19.7 Å². The predicted octanol–water partition coefficient (Wildman–Crippen LogP) is 0.211. The van der Waals surface area contributed by atoms with E-state index >= 15 is 0 Å². The molecule has 1 heterocycles. The number of unbranched alkanes of at least 4 members (excludes halogenated alkanes) is 1. The zero-order valence-electron chi connectivity index (χ0n) is 9.56. The van der Waals surface area contributed by atoms with Gasteiger partial charge in [-0.15, -0.1) is 5.10 Å². The summed E-state index contributed by atoms with van der Waals surface area (Å²) in [5.41, 5.74) is 0. The Kier molecular flexibility index (Phi) is 6.17. The minimum Gasteiger partial charge on any atom is -0.465 e. The van der Waals surface area contributed by atoms with Gasteiger partial charge in [0.2, 0.25) is 0 Å². The van der Waals surface area contributed by atoms with E-state index in [1.165, 1.54) is 0 Å². The van der Waals surface area contributed by atoms with Gasteiger partial charge < -0.3 is 10.1 Å². The maximum Gasteiger partial charge on any atom is 0.319 e. The van der Waals surface area contributed by atoms with Gasteiger partial charge in [-0.05, 0) is 6.42 Å². The average molecular weight is 226 g/mol. The molecule has 6 nitrogen and oxygen atoms in total. The molecule has 1 N–H and O–H groups in total. The predicted molar refractivity (Wildman–Crippen MR) is 58.8 cm³/mol. The molecular weight excluding hydrogens is 208 g/mol. The van der Waals surface area contributed by atoms with Crippen molar-refractivity contribution in [2.45, 2.75) is 26.3 Å². The number of ether oxygens (including phenoxy) is 1. The molecule has 0 aliphatic heterocycles. The number of hydrogen-bond donors (Lipinski definition) is 1. The Hall–Kier alpha value is -1.43. The highest BCUT2D eigenvalue weighted by molar-refractivity contribution is 5.71. The largest absolute Gasteiger partial charge is 0.465 e. The van der Waals surface area contributed by atoms with Crippen LogP contribution in [-0.4, -0.2) is 40.7 Å². The second-order valence-corrected chi connectivity index (χ2v) is 3.42. The summed E-state index contributed by atoms with van der Waals surface area (Å²) in [5.74, 6) is -0.202. The van der Waals surface area contributed by atoms with E-state index in [1.54, 1.807) is 17.1 Å². The molecule has 0 aromatic carbocycles. The number of hydrogen-bond acceptors (Lipinski definition) is 5. The molecule has 90 valence electrons. The summed E-state index contributed by atoms with van der Waals surface area (Å²) in [6, 6.07) is 0. The summed E-state index contributed by atoms with van der Waals surface area (Å²) in [5, 5.41) is 10.5. The van der Waals surface area contributed by atoms with E-state index in [0.29, 0.717) is 19.7 Å².